The zero-order valence-electron chi connectivity index (χ0n) is 13.9. The number of nitrogens with zero attached hydrogens (tertiary/aromatic N) is 2. The van der Waals surface area contributed by atoms with Crippen LogP contribution in [0.15, 0.2) is 28.1 Å². The minimum Gasteiger partial charge on any atom is -0.291 e. The van der Waals surface area contributed by atoms with Gasteiger partial charge in [-0.2, -0.15) is 5.10 Å². The molecule has 128 valence electrons. The van der Waals surface area contributed by atoms with E-state index >= 15 is 0 Å². The fourth-order valence-electron chi connectivity index (χ4n) is 2.23. The van der Waals surface area contributed by atoms with Gasteiger partial charge >= 0.3 is 0 Å². The zero-order chi connectivity index (χ0) is 17.7. The molecule has 0 radical (unpaired) electrons. The molecule has 0 amide bonds. The Labute approximate surface area is 151 Å². The van der Waals surface area contributed by atoms with Crippen molar-refractivity contribution in [2.24, 2.45) is 5.10 Å². The molecule has 0 aliphatic heterocycles. The van der Waals surface area contributed by atoms with Crippen LogP contribution in [-0.4, -0.2) is 15.7 Å². The number of halogens is 2. The molecule has 0 spiro atoms. The molecule has 2 rings (SSSR count). The SMILES string of the molecule is CCCCc1c(C)nc(NN=C(C)c2ccc(Cl)c(Cl)c2)[nH]c1=O. The fourth-order valence-corrected chi connectivity index (χ4v) is 2.53. The van der Waals surface area contributed by atoms with E-state index in [-0.39, 0.29) is 5.56 Å². The highest BCUT2D eigenvalue weighted by atomic mass is 35.5. The van der Waals surface area contributed by atoms with Gasteiger partial charge in [0.05, 0.1) is 15.8 Å². The van der Waals surface area contributed by atoms with Gasteiger partial charge in [0.15, 0.2) is 0 Å². The van der Waals surface area contributed by atoms with Crippen LogP contribution < -0.4 is 11.0 Å². The second kappa shape index (κ2) is 8.31. The fraction of sp³-hybridized carbons (Fsp3) is 0.353. The summed E-state index contributed by atoms with van der Waals surface area (Å²) in [5, 5.41) is 5.20. The predicted octanol–water partition coefficient (Wildman–Crippen LogP) is 4.56. The largest absolute Gasteiger partial charge is 0.291 e. The zero-order valence-corrected chi connectivity index (χ0v) is 15.4. The molecule has 2 N–H and O–H groups in total. The quantitative estimate of drug-likeness (QED) is 0.581. The van der Waals surface area contributed by atoms with Crippen molar-refractivity contribution >= 4 is 34.9 Å². The molecule has 0 atom stereocenters. The van der Waals surface area contributed by atoms with Gasteiger partial charge in [-0.25, -0.2) is 10.4 Å². The van der Waals surface area contributed by atoms with Gasteiger partial charge in [-0.05, 0) is 44.4 Å². The van der Waals surface area contributed by atoms with Crippen LogP contribution >= 0.6 is 23.2 Å². The molecule has 0 aliphatic rings. The molecule has 5 nitrogen and oxygen atoms in total. The molecule has 0 saturated carbocycles. The number of hydrogen-bond acceptors (Lipinski definition) is 4. The van der Waals surface area contributed by atoms with Crippen molar-refractivity contribution in [2.75, 3.05) is 5.43 Å². The van der Waals surface area contributed by atoms with Crippen molar-refractivity contribution in [1.82, 2.24) is 9.97 Å². The molecule has 0 fully saturated rings. The van der Waals surface area contributed by atoms with Gasteiger partial charge in [0.1, 0.15) is 0 Å². The second-order valence-corrected chi connectivity index (χ2v) is 6.33. The second-order valence-electron chi connectivity index (χ2n) is 5.52. The topological polar surface area (TPSA) is 70.1 Å². The first-order valence-electron chi connectivity index (χ1n) is 7.78. The number of H-pyrrole nitrogens is 1. The lowest BCUT2D eigenvalue weighted by Crippen LogP contribution is -2.18. The maximum Gasteiger partial charge on any atom is 0.255 e. The summed E-state index contributed by atoms with van der Waals surface area (Å²) >= 11 is 11.9. The van der Waals surface area contributed by atoms with Gasteiger partial charge < -0.3 is 0 Å². The molecule has 0 unspecified atom stereocenters. The Morgan fingerprint density at radius 3 is 2.71 bits per heavy atom. The van der Waals surface area contributed by atoms with Crippen LogP contribution in [0.2, 0.25) is 10.0 Å². The third-order valence-corrected chi connectivity index (χ3v) is 4.41. The summed E-state index contributed by atoms with van der Waals surface area (Å²) in [6.07, 6.45) is 2.73. The van der Waals surface area contributed by atoms with Crippen LogP contribution in [-0.2, 0) is 6.42 Å². The third kappa shape index (κ3) is 4.58. The summed E-state index contributed by atoms with van der Waals surface area (Å²) in [4.78, 5) is 19.2. The van der Waals surface area contributed by atoms with E-state index in [9.17, 15) is 4.79 Å². The van der Waals surface area contributed by atoms with Crippen LogP contribution in [0.25, 0.3) is 0 Å². The van der Waals surface area contributed by atoms with Gasteiger partial charge in [0, 0.05) is 11.3 Å². The first kappa shape index (κ1) is 18.5. The summed E-state index contributed by atoms with van der Waals surface area (Å²) in [6, 6.07) is 5.27. The van der Waals surface area contributed by atoms with E-state index < -0.39 is 0 Å². The molecular weight excluding hydrogens is 347 g/mol. The Kier molecular flexibility index (Phi) is 6.40. The number of unbranched alkanes of at least 4 members (excludes halogenated alkanes) is 1. The highest BCUT2D eigenvalue weighted by molar-refractivity contribution is 6.42. The number of aromatic amines is 1. The number of hydrazone groups is 1. The Bertz CT molecular complexity index is 815. The minimum absolute atomic E-state index is 0.124. The van der Waals surface area contributed by atoms with Crippen molar-refractivity contribution in [3.05, 3.63) is 55.4 Å². The van der Waals surface area contributed by atoms with Crippen molar-refractivity contribution in [3.8, 4) is 0 Å². The summed E-state index contributed by atoms with van der Waals surface area (Å²) in [6.45, 7) is 5.75. The predicted molar refractivity (Wildman–Crippen MR) is 101 cm³/mol. The van der Waals surface area contributed by atoms with E-state index in [4.69, 9.17) is 23.2 Å². The molecule has 0 bridgehead atoms. The van der Waals surface area contributed by atoms with E-state index in [1.54, 1.807) is 12.1 Å². The number of aryl methyl sites for hydroxylation is 1. The summed E-state index contributed by atoms with van der Waals surface area (Å²) in [5.74, 6) is 0.317. The number of anilines is 1. The third-order valence-electron chi connectivity index (χ3n) is 3.67. The smallest absolute Gasteiger partial charge is 0.255 e. The van der Waals surface area contributed by atoms with Crippen LogP contribution in [0.3, 0.4) is 0 Å². The lowest BCUT2D eigenvalue weighted by atomic mass is 10.1. The number of benzene rings is 1. The van der Waals surface area contributed by atoms with Gasteiger partial charge in [0.25, 0.3) is 5.56 Å². The van der Waals surface area contributed by atoms with E-state index in [0.29, 0.717) is 21.7 Å². The first-order valence-corrected chi connectivity index (χ1v) is 8.53. The molecule has 1 aromatic carbocycles. The average Bonchev–Trinajstić information content (AvgIpc) is 2.54. The van der Waals surface area contributed by atoms with Gasteiger partial charge in [-0.15, -0.1) is 0 Å². The van der Waals surface area contributed by atoms with Gasteiger partial charge in [-0.3, -0.25) is 9.78 Å². The highest BCUT2D eigenvalue weighted by Crippen LogP contribution is 2.22. The average molecular weight is 367 g/mol. The summed E-state index contributed by atoms with van der Waals surface area (Å²) in [5.41, 5.74) is 5.64. The van der Waals surface area contributed by atoms with Crippen LogP contribution in [0, 0.1) is 6.92 Å². The molecule has 2 aromatic rings. The molecule has 24 heavy (non-hydrogen) atoms. The van der Waals surface area contributed by atoms with E-state index in [1.165, 1.54) is 0 Å². The normalized spacial score (nSPS) is 11.6. The molecule has 1 aromatic heterocycles. The lowest BCUT2D eigenvalue weighted by molar-refractivity contribution is 0.774. The van der Waals surface area contributed by atoms with E-state index in [1.807, 2.05) is 19.9 Å². The number of nitrogens with one attached hydrogen (secondary N) is 2. The van der Waals surface area contributed by atoms with Gasteiger partial charge in [-0.1, -0.05) is 42.6 Å². The van der Waals surface area contributed by atoms with Crippen molar-refractivity contribution in [1.29, 1.82) is 0 Å². The number of rotatable bonds is 6. The number of hydrogen-bond donors (Lipinski definition) is 2. The van der Waals surface area contributed by atoms with Crippen molar-refractivity contribution in [2.45, 2.75) is 40.0 Å². The number of aromatic nitrogens is 2. The van der Waals surface area contributed by atoms with Crippen LogP contribution in [0.4, 0.5) is 5.95 Å². The van der Waals surface area contributed by atoms with E-state index in [0.717, 1.165) is 36.1 Å². The molecular formula is C17H20Cl2N4O. The maximum absolute atomic E-state index is 12.1. The highest BCUT2D eigenvalue weighted by Gasteiger charge is 2.08. The summed E-state index contributed by atoms with van der Waals surface area (Å²) in [7, 11) is 0. The standard InChI is InChI=1S/C17H20Cl2N4O/c1-4-5-6-13-11(3)20-17(21-16(13)24)23-22-10(2)12-7-8-14(18)15(19)9-12/h7-9H,4-6H2,1-3H3,(H2,20,21,23,24). The monoisotopic (exact) mass is 366 g/mol. The Morgan fingerprint density at radius 2 is 2.08 bits per heavy atom. The maximum atomic E-state index is 12.1. The molecule has 0 aliphatic carbocycles. The van der Waals surface area contributed by atoms with Crippen molar-refractivity contribution in [3.63, 3.8) is 0 Å². The molecule has 0 saturated heterocycles. The Balaban J connectivity index is 2.18. The Morgan fingerprint density at radius 1 is 1.33 bits per heavy atom. The first-order chi connectivity index (χ1) is 11.4. The minimum atomic E-state index is -0.124. The molecule has 1 heterocycles. The Hall–Kier alpha value is -1.85. The summed E-state index contributed by atoms with van der Waals surface area (Å²) < 4.78 is 0. The van der Waals surface area contributed by atoms with Crippen LogP contribution in [0.1, 0.15) is 43.5 Å². The van der Waals surface area contributed by atoms with Crippen molar-refractivity contribution < 1.29 is 0 Å². The molecule has 7 heteroatoms. The van der Waals surface area contributed by atoms with Crippen LogP contribution in [0.5, 0.6) is 0 Å². The lowest BCUT2D eigenvalue weighted by Gasteiger charge is -2.07. The van der Waals surface area contributed by atoms with E-state index in [2.05, 4.69) is 27.4 Å². The van der Waals surface area contributed by atoms with Gasteiger partial charge in [0.2, 0.25) is 5.95 Å².